The van der Waals surface area contributed by atoms with Crippen LogP contribution < -0.4 is 10.1 Å². The standard InChI is InChI=1S/C15H21ClN2O3/c1-18(15(20)14-9-12(19)10-17-14)7-2-8-21-13-5-3-11(16)4-6-13/h3-6,12,14,17,19H,2,7-10H2,1H3/t12-,14-/m0/s1. The molecule has 5 nitrogen and oxygen atoms in total. The van der Waals surface area contributed by atoms with Crippen molar-refractivity contribution in [3.63, 3.8) is 0 Å². The van der Waals surface area contributed by atoms with Gasteiger partial charge in [0.05, 0.1) is 18.8 Å². The second-order valence-corrected chi connectivity index (χ2v) is 5.70. The van der Waals surface area contributed by atoms with Gasteiger partial charge in [0.1, 0.15) is 5.75 Å². The smallest absolute Gasteiger partial charge is 0.239 e. The molecule has 1 aromatic rings. The zero-order chi connectivity index (χ0) is 15.2. The number of hydrogen-bond donors (Lipinski definition) is 2. The number of rotatable bonds is 6. The summed E-state index contributed by atoms with van der Waals surface area (Å²) in [5.41, 5.74) is 0. The number of nitrogens with zero attached hydrogens (tertiary/aromatic N) is 1. The molecule has 2 atom stereocenters. The van der Waals surface area contributed by atoms with Gasteiger partial charge in [-0.05, 0) is 37.1 Å². The van der Waals surface area contributed by atoms with Crippen LogP contribution in [0.2, 0.25) is 5.02 Å². The Morgan fingerprint density at radius 3 is 2.81 bits per heavy atom. The molecule has 1 aromatic carbocycles. The van der Waals surface area contributed by atoms with Crippen LogP contribution >= 0.6 is 11.6 Å². The molecule has 1 heterocycles. The minimum absolute atomic E-state index is 0.0260. The summed E-state index contributed by atoms with van der Waals surface area (Å²) in [5, 5.41) is 13.1. The monoisotopic (exact) mass is 312 g/mol. The Morgan fingerprint density at radius 1 is 1.48 bits per heavy atom. The maximum Gasteiger partial charge on any atom is 0.239 e. The van der Waals surface area contributed by atoms with Crippen LogP contribution in [0.5, 0.6) is 5.75 Å². The molecule has 0 aliphatic carbocycles. The highest BCUT2D eigenvalue weighted by Crippen LogP contribution is 2.15. The van der Waals surface area contributed by atoms with Crippen LogP contribution in [0, 0.1) is 0 Å². The second-order valence-electron chi connectivity index (χ2n) is 5.27. The molecule has 1 saturated heterocycles. The minimum Gasteiger partial charge on any atom is -0.494 e. The first-order chi connectivity index (χ1) is 10.1. The summed E-state index contributed by atoms with van der Waals surface area (Å²) < 4.78 is 5.58. The fraction of sp³-hybridized carbons (Fsp3) is 0.533. The molecule has 1 fully saturated rings. The number of amides is 1. The summed E-state index contributed by atoms with van der Waals surface area (Å²) in [6.07, 6.45) is 0.825. The van der Waals surface area contributed by atoms with Gasteiger partial charge in [-0.3, -0.25) is 4.79 Å². The van der Waals surface area contributed by atoms with Crippen LogP contribution in [0.4, 0.5) is 0 Å². The first kappa shape index (κ1) is 16.1. The van der Waals surface area contributed by atoms with Crippen molar-refractivity contribution < 1.29 is 14.6 Å². The van der Waals surface area contributed by atoms with E-state index in [9.17, 15) is 9.90 Å². The molecular weight excluding hydrogens is 292 g/mol. The molecule has 0 radical (unpaired) electrons. The fourth-order valence-electron chi connectivity index (χ4n) is 2.30. The second kappa shape index (κ2) is 7.64. The van der Waals surface area contributed by atoms with Gasteiger partial charge >= 0.3 is 0 Å². The van der Waals surface area contributed by atoms with E-state index in [1.807, 2.05) is 12.1 Å². The Balaban J connectivity index is 1.66. The van der Waals surface area contributed by atoms with Gasteiger partial charge in [0.25, 0.3) is 0 Å². The van der Waals surface area contributed by atoms with Crippen LogP contribution in [-0.4, -0.2) is 54.8 Å². The molecule has 6 heteroatoms. The molecular formula is C15H21ClN2O3. The lowest BCUT2D eigenvalue weighted by Crippen LogP contribution is -2.42. The lowest BCUT2D eigenvalue weighted by atomic mass is 10.2. The van der Waals surface area contributed by atoms with E-state index in [0.29, 0.717) is 31.1 Å². The number of carbonyl (C=O) groups is 1. The van der Waals surface area contributed by atoms with E-state index in [-0.39, 0.29) is 11.9 Å². The summed E-state index contributed by atoms with van der Waals surface area (Å²) in [4.78, 5) is 13.8. The molecule has 0 unspecified atom stereocenters. The number of aliphatic hydroxyl groups is 1. The van der Waals surface area contributed by atoms with E-state index in [1.54, 1.807) is 24.1 Å². The Morgan fingerprint density at radius 2 is 2.19 bits per heavy atom. The highest BCUT2D eigenvalue weighted by Gasteiger charge is 2.29. The van der Waals surface area contributed by atoms with Gasteiger partial charge in [0, 0.05) is 25.2 Å². The number of halogens is 1. The number of carbonyl (C=O) groups excluding carboxylic acids is 1. The van der Waals surface area contributed by atoms with Crippen molar-refractivity contribution in [2.45, 2.75) is 25.0 Å². The number of likely N-dealkylation sites (N-methyl/N-ethyl adjacent to an activating group) is 1. The van der Waals surface area contributed by atoms with E-state index in [0.717, 1.165) is 12.2 Å². The summed E-state index contributed by atoms with van der Waals surface area (Å²) in [5.74, 6) is 0.798. The average molecular weight is 313 g/mol. The molecule has 21 heavy (non-hydrogen) atoms. The molecule has 0 bridgehead atoms. The zero-order valence-electron chi connectivity index (χ0n) is 12.1. The van der Waals surface area contributed by atoms with E-state index < -0.39 is 6.10 Å². The number of hydrogen-bond acceptors (Lipinski definition) is 4. The molecule has 2 rings (SSSR count). The summed E-state index contributed by atoms with van der Waals surface area (Å²) in [6.45, 7) is 1.66. The van der Waals surface area contributed by atoms with Gasteiger partial charge in [-0.15, -0.1) is 0 Å². The molecule has 1 aliphatic rings. The molecule has 2 N–H and O–H groups in total. The van der Waals surface area contributed by atoms with Gasteiger partial charge in [0.2, 0.25) is 5.91 Å². The summed E-state index contributed by atoms with van der Waals surface area (Å²) in [6, 6.07) is 6.94. The highest BCUT2D eigenvalue weighted by molar-refractivity contribution is 6.30. The number of β-amino-alcohol motifs (C(OH)–C–C–N with tert-alkyl or cyclic N) is 1. The van der Waals surface area contributed by atoms with Crippen LogP contribution in [0.3, 0.4) is 0 Å². The first-order valence-corrected chi connectivity index (χ1v) is 7.49. The SMILES string of the molecule is CN(CCCOc1ccc(Cl)cc1)C(=O)[C@@H]1C[C@H](O)CN1. The normalized spacial score (nSPS) is 21.3. The van der Waals surface area contributed by atoms with Gasteiger partial charge in [-0.2, -0.15) is 0 Å². The molecule has 1 aliphatic heterocycles. The van der Waals surface area contributed by atoms with Gasteiger partial charge in [-0.1, -0.05) is 11.6 Å². The predicted octanol–water partition coefficient (Wildman–Crippen LogP) is 1.29. The summed E-state index contributed by atoms with van der Waals surface area (Å²) >= 11 is 5.80. The number of benzene rings is 1. The number of ether oxygens (including phenoxy) is 1. The highest BCUT2D eigenvalue weighted by atomic mass is 35.5. The Hall–Kier alpha value is -1.30. The topological polar surface area (TPSA) is 61.8 Å². The predicted molar refractivity (Wildman–Crippen MR) is 81.6 cm³/mol. The van der Waals surface area contributed by atoms with Crippen LogP contribution in [0.15, 0.2) is 24.3 Å². The molecule has 1 amide bonds. The Kier molecular flexibility index (Phi) is 5.85. The maximum absolute atomic E-state index is 12.1. The fourth-order valence-corrected chi connectivity index (χ4v) is 2.43. The van der Waals surface area contributed by atoms with Crippen LogP contribution in [-0.2, 0) is 4.79 Å². The lowest BCUT2D eigenvalue weighted by Gasteiger charge is -2.21. The Labute approximate surface area is 129 Å². The molecule has 116 valence electrons. The van der Waals surface area contributed by atoms with Gasteiger partial charge in [0.15, 0.2) is 0 Å². The van der Waals surface area contributed by atoms with Crippen molar-refractivity contribution in [3.8, 4) is 5.75 Å². The third-order valence-electron chi connectivity index (χ3n) is 3.50. The Bertz CT molecular complexity index is 466. The van der Waals surface area contributed by atoms with E-state index >= 15 is 0 Å². The quantitative estimate of drug-likeness (QED) is 0.777. The van der Waals surface area contributed by atoms with Crippen molar-refractivity contribution in [2.24, 2.45) is 0 Å². The van der Waals surface area contributed by atoms with Crippen molar-refractivity contribution in [1.82, 2.24) is 10.2 Å². The number of nitrogens with one attached hydrogen (secondary N) is 1. The molecule has 0 saturated carbocycles. The van der Waals surface area contributed by atoms with E-state index in [4.69, 9.17) is 16.3 Å². The van der Waals surface area contributed by atoms with Crippen molar-refractivity contribution in [1.29, 1.82) is 0 Å². The third kappa shape index (κ3) is 4.88. The third-order valence-corrected chi connectivity index (χ3v) is 3.75. The van der Waals surface area contributed by atoms with E-state index in [1.165, 1.54) is 0 Å². The van der Waals surface area contributed by atoms with Gasteiger partial charge in [-0.25, -0.2) is 0 Å². The van der Waals surface area contributed by atoms with Gasteiger partial charge < -0.3 is 20.1 Å². The van der Waals surface area contributed by atoms with Crippen LogP contribution in [0.1, 0.15) is 12.8 Å². The molecule has 0 spiro atoms. The minimum atomic E-state index is -0.416. The first-order valence-electron chi connectivity index (χ1n) is 7.11. The van der Waals surface area contributed by atoms with E-state index in [2.05, 4.69) is 5.32 Å². The number of aliphatic hydroxyl groups excluding tert-OH is 1. The van der Waals surface area contributed by atoms with Crippen molar-refractivity contribution in [2.75, 3.05) is 26.7 Å². The largest absolute Gasteiger partial charge is 0.494 e. The zero-order valence-corrected chi connectivity index (χ0v) is 12.8. The lowest BCUT2D eigenvalue weighted by molar-refractivity contribution is -0.132. The van der Waals surface area contributed by atoms with Crippen LogP contribution in [0.25, 0.3) is 0 Å². The molecule has 0 aromatic heterocycles. The van der Waals surface area contributed by atoms with Crippen molar-refractivity contribution >= 4 is 17.5 Å². The van der Waals surface area contributed by atoms with Crippen molar-refractivity contribution in [3.05, 3.63) is 29.3 Å². The average Bonchev–Trinajstić information content (AvgIpc) is 2.91. The summed E-state index contributed by atoms with van der Waals surface area (Å²) in [7, 11) is 1.77. The maximum atomic E-state index is 12.1.